The van der Waals surface area contributed by atoms with Crippen LogP contribution in [0.4, 0.5) is 4.79 Å². The van der Waals surface area contributed by atoms with Crippen molar-refractivity contribution in [2.75, 3.05) is 20.2 Å². The van der Waals surface area contributed by atoms with Gasteiger partial charge in [-0.15, -0.1) is 0 Å². The normalized spacial score (nSPS) is 15.8. The number of carboxylic acids is 1. The SMILES string of the molecule is CC[C@@H](NC(=O)N1CC(NOc2ccccc2)=NCC(Cc2cc(Cl)ccc2OC)C1=O)c1cccc(C(=O)O)c1. The summed E-state index contributed by atoms with van der Waals surface area (Å²) in [6, 6.07) is 19.3. The van der Waals surface area contributed by atoms with Gasteiger partial charge in [0.05, 0.1) is 37.7 Å². The van der Waals surface area contributed by atoms with Crippen LogP contribution in [0.2, 0.25) is 5.02 Å². The van der Waals surface area contributed by atoms with E-state index in [2.05, 4.69) is 15.8 Å². The molecular formula is C30H31ClN4O6. The predicted molar refractivity (Wildman–Crippen MR) is 154 cm³/mol. The topological polar surface area (TPSA) is 130 Å². The number of aliphatic imine (C=N–C) groups is 1. The van der Waals surface area contributed by atoms with Gasteiger partial charge in [-0.3, -0.25) is 14.7 Å². The van der Waals surface area contributed by atoms with Crippen LogP contribution >= 0.6 is 11.6 Å². The quantitative estimate of drug-likeness (QED) is 0.308. The second kappa shape index (κ2) is 13.7. The highest BCUT2D eigenvalue weighted by Crippen LogP contribution is 2.27. The molecule has 10 nitrogen and oxygen atoms in total. The number of methoxy groups -OCH3 is 1. The lowest BCUT2D eigenvalue weighted by Crippen LogP contribution is -2.50. The molecule has 1 aliphatic rings. The molecule has 11 heteroatoms. The molecule has 0 fully saturated rings. The number of ether oxygens (including phenoxy) is 1. The van der Waals surface area contributed by atoms with Crippen LogP contribution in [0.15, 0.2) is 77.8 Å². The van der Waals surface area contributed by atoms with E-state index in [0.29, 0.717) is 39.9 Å². The first kappa shape index (κ1) is 29.4. The molecule has 41 heavy (non-hydrogen) atoms. The second-order valence-electron chi connectivity index (χ2n) is 9.43. The number of aromatic carboxylic acids is 1. The van der Waals surface area contributed by atoms with Crippen LogP contribution in [0.1, 0.15) is 40.9 Å². The summed E-state index contributed by atoms with van der Waals surface area (Å²) in [6.07, 6.45) is 0.705. The molecule has 1 heterocycles. The van der Waals surface area contributed by atoms with E-state index in [9.17, 15) is 19.5 Å². The Morgan fingerprint density at radius 2 is 1.90 bits per heavy atom. The number of nitrogens with zero attached hydrogens (tertiary/aromatic N) is 2. The number of hydrogen-bond donors (Lipinski definition) is 3. The number of hydrogen-bond acceptors (Lipinski definition) is 7. The molecule has 0 aliphatic carbocycles. The lowest BCUT2D eigenvalue weighted by atomic mass is 9.97. The van der Waals surface area contributed by atoms with E-state index in [0.717, 1.165) is 4.90 Å². The van der Waals surface area contributed by atoms with Gasteiger partial charge in [-0.25, -0.2) is 15.1 Å². The Morgan fingerprint density at radius 3 is 2.61 bits per heavy atom. The van der Waals surface area contributed by atoms with Crippen molar-refractivity contribution in [2.45, 2.75) is 25.8 Å². The van der Waals surface area contributed by atoms with Crippen LogP contribution in [-0.4, -0.2) is 53.9 Å². The average Bonchev–Trinajstić information content (AvgIpc) is 3.14. The van der Waals surface area contributed by atoms with Crippen molar-refractivity contribution in [1.82, 2.24) is 15.7 Å². The Morgan fingerprint density at radius 1 is 1.12 bits per heavy atom. The number of nitrogens with one attached hydrogen (secondary N) is 2. The highest BCUT2D eigenvalue weighted by Gasteiger charge is 2.34. The fourth-order valence-corrected chi connectivity index (χ4v) is 4.69. The lowest BCUT2D eigenvalue weighted by Gasteiger charge is -2.26. The zero-order valence-electron chi connectivity index (χ0n) is 22.7. The first-order valence-corrected chi connectivity index (χ1v) is 13.5. The molecule has 214 valence electrons. The van der Waals surface area contributed by atoms with Gasteiger partial charge < -0.3 is 20.0 Å². The summed E-state index contributed by atoms with van der Waals surface area (Å²) in [5.74, 6) is -0.800. The maximum atomic E-state index is 13.8. The van der Waals surface area contributed by atoms with Gasteiger partial charge >= 0.3 is 12.0 Å². The lowest BCUT2D eigenvalue weighted by molar-refractivity contribution is -0.131. The molecule has 0 spiro atoms. The smallest absolute Gasteiger partial charge is 0.335 e. The van der Waals surface area contributed by atoms with Gasteiger partial charge in [-0.2, -0.15) is 0 Å². The minimum atomic E-state index is -1.07. The van der Waals surface area contributed by atoms with Gasteiger partial charge in [0, 0.05) is 5.02 Å². The van der Waals surface area contributed by atoms with E-state index < -0.39 is 29.9 Å². The molecule has 0 radical (unpaired) electrons. The number of hydroxylamine groups is 1. The summed E-state index contributed by atoms with van der Waals surface area (Å²) >= 11 is 6.22. The number of carboxylic acid groups (broad SMARTS) is 1. The third-order valence-corrected chi connectivity index (χ3v) is 6.89. The third-order valence-electron chi connectivity index (χ3n) is 6.65. The van der Waals surface area contributed by atoms with Gasteiger partial charge in [0.1, 0.15) is 5.75 Å². The van der Waals surface area contributed by atoms with Gasteiger partial charge in [-0.05, 0) is 66.4 Å². The van der Waals surface area contributed by atoms with Crippen molar-refractivity contribution >= 4 is 35.3 Å². The predicted octanol–water partition coefficient (Wildman–Crippen LogP) is 4.89. The summed E-state index contributed by atoms with van der Waals surface area (Å²) in [6.45, 7) is 1.79. The van der Waals surface area contributed by atoms with E-state index >= 15 is 0 Å². The molecule has 3 amide bonds. The summed E-state index contributed by atoms with van der Waals surface area (Å²) in [7, 11) is 1.53. The van der Waals surface area contributed by atoms with Gasteiger partial charge in [0.15, 0.2) is 11.6 Å². The summed E-state index contributed by atoms with van der Waals surface area (Å²) < 4.78 is 5.46. The van der Waals surface area contributed by atoms with Crippen LogP contribution in [0, 0.1) is 5.92 Å². The molecule has 3 N–H and O–H groups in total. The highest BCUT2D eigenvalue weighted by atomic mass is 35.5. The number of carbonyl (C=O) groups is 3. The van der Waals surface area contributed by atoms with E-state index in [4.69, 9.17) is 21.2 Å². The number of imide groups is 1. The van der Waals surface area contributed by atoms with Crippen molar-refractivity contribution in [3.8, 4) is 11.5 Å². The molecular weight excluding hydrogens is 548 g/mol. The number of amidine groups is 1. The maximum absolute atomic E-state index is 13.8. The van der Waals surface area contributed by atoms with E-state index in [1.807, 2.05) is 25.1 Å². The Bertz CT molecular complexity index is 1430. The van der Waals surface area contributed by atoms with Crippen molar-refractivity contribution in [3.05, 3.63) is 94.5 Å². The Labute approximate surface area is 242 Å². The number of carbonyl (C=O) groups excluding carboxylic acids is 2. The largest absolute Gasteiger partial charge is 0.496 e. The van der Waals surface area contributed by atoms with Crippen LogP contribution in [-0.2, 0) is 11.2 Å². The molecule has 0 bridgehead atoms. The summed E-state index contributed by atoms with van der Waals surface area (Å²) in [4.78, 5) is 50.2. The average molecular weight is 579 g/mol. The van der Waals surface area contributed by atoms with Crippen LogP contribution < -0.4 is 20.4 Å². The standard InChI is InChI=1S/C30H31ClN4O6/c1-3-25(19-8-7-9-20(14-19)29(37)38)33-30(39)35-18-27(34-41-24-10-5-4-6-11-24)32-17-22(28(35)36)15-21-16-23(31)12-13-26(21)40-2/h4-14,16,22,25H,3,15,17-18H2,1-2H3,(H,32,34)(H,33,39)(H,37,38)/t22?,25-/m1/s1. The Balaban J connectivity index is 1.59. The maximum Gasteiger partial charge on any atom is 0.335 e. The first-order chi connectivity index (χ1) is 19.8. The van der Waals surface area contributed by atoms with E-state index in [1.165, 1.54) is 19.2 Å². The summed E-state index contributed by atoms with van der Waals surface area (Å²) in [5.41, 5.74) is 4.21. The van der Waals surface area contributed by atoms with Crippen LogP contribution in [0.3, 0.4) is 0 Å². The molecule has 4 rings (SSSR count). The number of urea groups is 1. The number of amides is 3. The zero-order valence-corrected chi connectivity index (χ0v) is 23.4. The molecule has 2 atom stereocenters. The van der Waals surface area contributed by atoms with Gasteiger partial charge in [-0.1, -0.05) is 48.9 Å². The van der Waals surface area contributed by atoms with Crippen LogP contribution in [0.5, 0.6) is 11.5 Å². The minimum absolute atomic E-state index is 0.0939. The number of para-hydroxylation sites is 1. The molecule has 1 aliphatic heterocycles. The molecule has 0 saturated heterocycles. The Kier molecular flexibility index (Phi) is 9.81. The van der Waals surface area contributed by atoms with Gasteiger partial charge in [0.25, 0.3) is 0 Å². The van der Waals surface area contributed by atoms with Crippen molar-refractivity contribution in [1.29, 1.82) is 0 Å². The number of benzene rings is 3. The number of halogens is 1. The van der Waals surface area contributed by atoms with Crippen molar-refractivity contribution < 1.29 is 29.1 Å². The minimum Gasteiger partial charge on any atom is -0.496 e. The number of rotatable bonds is 9. The van der Waals surface area contributed by atoms with Crippen molar-refractivity contribution in [3.63, 3.8) is 0 Å². The molecule has 3 aromatic rings. The first-order valence-electron chi connectivity index (χ1n) is 13.1. The summed E-state index contributed by atoms with van der Waals surface area (Å²) in [5, 5.41) is 12.8. The molecule has 0 aromatic heterocycles. The second-order valence-corrected chi connectivity index (χ2v) is 9.86. The Hall–Kier alpha value is -4.57. The molecule has 1 unspecified atom stereocenters. The monoisotopic (exact) mass is 578 g/mol. The van der Waals surface area contributed by atoms with E-state index in [-0.39, 0.29) is 25.1 Å². The molecule has 3 aromatic carbocycles. The third kappa shape index (κ3) is 7.55. The highest BCUT2D eigenvalue weighted by molar-refractivity contribution is 6.30. The fourth-order valence-electron chi connectivity index (χ4n) is 4.50. The van der Waals surface area contributed by atoms with Gasteiger partial charge in [0.2, 0.25) is 5.91 Å². The van der Waals surface area contributed by atoms with E-state index in [1.54, 1.807) is 42.5 Å². The van der Waals surface area contributed by atoms with Crippen molar-refractivity contribution in [2.24, 2.45) is 10.9 Å². The fraction of sp³-hybridized carbons (Fsp3) is 0.267. The van der Waals surface area contributed by atoms with Crippen LogP contribution in [0.25, 0.3) is 0 Å². The zero-order chi connectivity index (χ0) is 29.4. The molecule has 0 saturated carbocycles.